The smallest absolute Gasteiger partial charge is 0.254 e. The van der Waals surface area contributed by atoms with Gasteiger partial charge in [0.05, 0.1) is 44.9 Å². The van der Waals surface area contributed by atoms with Gasteiger partial charge in [0, 0.05) is 18.7 Å². The number of rotatable bonds is 8. The Balaban J connectivity index is 2.49. The minimum absolute atomic E-state index is 0.136. The summed E-state index contributed by atoms with van der Waals surface area (Å²) in [5.41, 5.74) is 1.11. The Morgan fingerprint density at radius 2 is 1.55 bits per heavy atom. The minimum atomic E-state index is -3.61. The number of amides is 1. The van der Waals surface area contributed by atoms with Crippen LogP contribution in [0.2, 0.25) is 0 Å². The zero-order chi connectivity index (χ0) is 21.8. The van der Waals surface area contributed by atoms with E-state index in [0.29, 0.717) is 17.2 Å². The van der Waals surface area contributed by atoms with Crippen LogP contribution < -0.4 is 23.8 Å². The summed E-state index contributed by atoms with van der Waals surface area (Å²) in [6.45, 7) is 1.82. The van der Waals surface area contributed by atoms with Crippen molar-refractivity contribution in [3.63, 3.8) is 0 Å². The first-order chi connectivity index (χ1) is 13.6. The third-order valence-electron chi connectivity index (χ3n) is 4.54. The van der Waals surface area contributed by atoms with Gasteiger partial charge < -0.3 is 19.5 Å². The lowest BCUT2D eigenvalue weighted by atomic mass is 10.1. The highest BCUT2D eigenvalue weighted by Crippen LogP contribution is 2.36. The number of hydrogen-bond acceptors (Lipinski definition) is 6. The number of anilines is 1. The van der Waals surface area contributed by atoms with Crippen LogP contribution in [0.3, 0.4) is 0 Å². The van der Waals surface area contributed by atoms with Crippen LogP contribution in [-0.2, 0) is 10.0 Å². The molecule has 2 rings (SSSR count). The van der Waals surface area contributed by atoms with E-state index in [0.717, 1.165) is 16.1 Å². The fourth-order valence-corrected chi connectivity index (χ4v) is 3.37. The van der Waals surface area contributed by atoms with Crippen LogP contribution >= 0.6 is 0 Å². The second kappa shape index (κ2) is 9.04. The van der Waals surface area contributed by atoms with Crippen LogP contribution in [-0.4, -0.2) is 49.0 Å². The van der Waals surface area contributed by atoms with Gasteiger partial charge in [0.15, 0.2) is 11.5 Å². The molecule has 1 amide bonds. The van der Waals surface area contributed by atoms with Crippen molar-refractivity contribution in [2.24, 2.45) is 0 Å². The van der Waals surface area contributed by atoms with Crippen LogP contribution in [0.15, 0.2) is 36.4 Å². The summed E-state index contributed by atoms with van der Waals surface area (Å²) in [5, 5.41) is 2.89. The number of carbonyl (C=O) groups is 1. The number of ether oxygens (including phenoxy) is 3. The number of para-hydroxylation sites is 1. The third kappa shape index (κ3) is 4.92. The van der Waals surface area contributed by atoms with E-state index >= 15 is 0 Å². The molecule has 0 heterocycles. The average molecular weight is 423 g/mol. The zero-order valence-corrected chi connectivity index (χ0v) is 18.2. The van der Waals surface area contributed by atoms with Gasteiger partial charge in [0.2, 0.25) is 10.0 Å². The second-order valence-electron chi connectivity index (χ2n) is 6.39. The largest absolute Gasteiger partial charge is 0.496 e. The molecule has 2 aromatic carbocycles. The van der Waals surface area contributed by atoms with Gasteiger partial charge in [-0.25, -0.2) is 8.42 Å². The first kappa shape index (κ1) is 22.4. The molecule has 0 unspecified atom stereocenters. The lowest BCUT2D eigenvalue weighted by Gasteiger charge is -2.23. The predicted octanol–water partition coefficient (Wildman–Crippen LogP) is 2.60. The summed E-state index contributed by atoms with van der Waals surface area (Å²) in [6, 6.07) is 9.87. The first-order valence-corrected chi connectivity index (χ1v) is 10.6. The SMILES string of the molecule is COc1cc(C(=O)N[C@@H](C)c2ccccc2OC)c(N(C)S(C)(=O)=O)cc1OC. The van der Waals surface area contributed by atoms with Crippen molar-refractivity contribution >= 4 is 21.6 Å². The highest BCUT2D eigenvalue weighted by molar-refractivity contribution is 7.92. The Hall–Kier alpha value is -2.94. The standard InChI is InChI=1S/C20H26N2O6S/c1-13(14-9-7-8-10-17(14)26-3)21-20(23)15-11-18(27-4)19(28-5)12-16(15)22(2)29(6,24)25/h7-13H,1-6H3,(H,21,23)/t13-/m0/s1. The molecule has 1 atom stereocenters. The Labute approximate surface area is 171 Å². The van der Waals surface area contributed by atoms with E-state index in [2.05, 4.69) is 5.32 Å². The molecule has 0 radical (unpaired) electrons. The molecule has 0 aliphatic rings. The highest BCUT2D eigenvalue weighted by Gasteiger charge is 2.25. The molecule has 0 bridgehead atoms. The van der Waals surface area contributed by atoms with E-state index in [-0.39, 0.29) is 17.3 Å². The predicted molar refractivity (Wildman–Crippen MR) is 112 cm³/mol. The monoisotopic (exact) mass is 422 g/mol. The van der Waals surface area contributed by atoms with Crippen LogP contribution in [0.4, 0.5) is 5.69 Å². The summed E-state index contributed by atoms with van der Waals surface area (Å²) < 4.78 is 41.1. The number of nitrogens with one attached hydrogen (secondary N) is 1. The van der Waals surface area contributed by atoms with Gasteiger partial charge >= 0.3 is 0 Å². The number of nitrogens with zero attached hydrogens (tertiary/aromatic N) is 1. The van der Waals surface area contributed by atoms with E-state index in [9.17, 15) is 13.2 Å². The van der Waals surface area contributed by atoms with Crippen LogP contribution in [0.1, 0.15) is 28.9 Å². The maximum atomic E-state index is 13.1. The number of sulfonamides is 1. The maximum absolute atomic E-state index is 13.1. The lowest BCUT2D eigenvalue weighted by Crippen LogP contribution is -2.31. The molecule has 8 nitrogen and oxygen atoms in total. The quantitative estimate of drug-likeness (QED) is 0.703. The number of hydrogen-bond donors (Lipinski definition) is 1. The number of methoxy groups -OCH3 is 3. The molecular weight excluding hydrogens is 396 g/mol. The van der Waals surface area contributed by atoms with Gasteiger partial charge in [0.1, 0.15) is 5.75 Å². The van der Waals surface area contributed by atoms with Gasteiger partial charge in [-0.3, -0.25) is 9.10 Å². The van der Waals surface area contributed by atoms with E-state index in [4.69, 9.17) is 14.2 Å². The van der Waals surface area contributed by atoms with Crippen LogP contribution in [0, 0.1) is 0 Å². The normalized spacial score (nSPS) is 12.1. The summed E-state index contributed by atoms with van der Waals surface area (Å²) >= 11 is 0. The molecule has 0 saturated heterocycles. The summed E-state index contributed by atoms with van der Waals surface area (Å²) in [5.74, 6) is 0.802. The minimum Gasteiger partial charge on any atom is -0.496 e. The fraction of sp³-hybridized carbons (Fsp3) is 0.350. The van der Waals surface area contributed by atoms with E-state index < -0.39 is 15.9 Å². The molecule has 158 valence electrons. The van der Waals surface area contributed by atoms with E-state index in [1.807, 2.05) is 25.1 Å². The van der Waals surface area contributed by atoms with Gasteiger partial charge in [-0.2, -0.15) is 0 Å². The van der Waals surface area contributed by atoms with Crippen molar-refractivity contribution in [3.8, 4) is 17.2 Å². The molecule has 0 saturated carbocycles. The van der Waals surface area contributed by atoms with Crippen molar-refractivity contribution in [3.05, 3.63) is 47.5 Å². The summed E-state index contributed by atoms with van der Waals surface area (Å²) in [4.78, 5) is 13.1. The average Bonchev–Trinajstić information content (AvgIpc) is 2.71. The maximum Gasteiger partial charge on any atom is 0.254 e. The number of carbonyl (C=O) groups excluding carboxylic acids is 1. The Morgan fingerprint density at radius 3 is 2.10 bits per heavy atom. The highest BCUT2D eigenvalue weighted by atomic mass is 32.2. The molecule has 9 heteroatoms. The molecular formula is C20H26N2O6S. The molecule has 2 aromatic rings. The topological polar surface area (TPSA) is 94.2 Å². The van der Waals surface area contributed by atoms with Gasteiger partial charge in [-0.1, -0.05) is 18.2 Å². The van der Waals surface area contributed by atoms with Crippen LogP contribution in [0.25, 0.3) is 0 Å². The van der Waals surface area contributed by atoms with Crippen molar-refractivity contribution < 1.29 is 27.4 Å². The fourth-order valence-electron chi connectivity index (χ4n) is 2.87. The summed E-state index contributed by atoms with van der Waals surface area (Å²) in [7, 11) is 2.20. The zero-order valence-electron chi connectivity index (χ0n) is 17.3. The summed E-state index contributed by atoms with van der Waals surface area (Å²) in [6.07, 6.45) is 1.06. The third-order valence-corrected chi connectivity index (χ3v) is 5.73. The molecule has 0 fully saturated rings. The molecule has 29 heavy (non-hydrogen) atoms. The van der Waals surface area contributed by atoms with E-state index in [1.165, 1.54) is 33.4 Å². The number of benzene rings is 2. The lowest BCUT2D eigenvalue weighted by molar-refractivity contribution is 0.0940. The van der Waals surface area contributed by atoms with Crippen LogP contribution in [0.5, 0.6) is 17.2 Å². The van der Waals surface area contributed by atoms with Crippen molar-refractivity contribution in [2.75, 3.05) is 38.9 Å². The van der Waals surface area contributed by atoms with Crippen molar-refractivity contribution in [1.29, 1.82) is 0 Å². The van der Waals surface area contributed by atoms with E-state index in [1.54, 1.807) is 13.2 Å². The first-order valence-electron chi connectivity index (χ1n) is 8.77. The van der Waals surface area contributed by atoms with Gasteiger partial charge in [0.25, 0.3) is 5.91 Å². The van der Waals surface area contributed by atoms with Crippen molar-refractivity contribution in [1.82, 2.24) is 5.32 Å². The molecule has 0 aliphatic carbocycles. The molecule has 0 aliphatic heterocycles. The second-order valence-corrected chi connectivity index (χ2v) is 8.41. The van der Waals surface area contributed by atoms with Gasteiger partial charge in [-0.15, -0.1) is 0 Å². The van der Waals surface area contributed by atoms with Crippen molar-refractivity contribution in [2.45, 2.75) is 13.0 Å². The Kier molecular flexibility index (Phi) is 6.97. The molecule has 0 aromatic heterocycles. The Morgan fingerprint density at radius 1 is 1.00 bits per heavy atom. The Bertz CT molecular complexity index is 990. The molecule has 0 spiro atoms. The molecule has 1 N–H and O–H groups in total. The van der Waals surface area contributed by atoms with Gasteiger partial charge in [-0.05, 0) is 19.1 Å².